The molecule has 2 aromatic carbocycles. The number of para-hydroxylation sites is 1. The van der Waals surface area contributed by atoms with E-state index in [1.54, 1.807) is 30.3 Å². The number of alkyl halides is 3. The molecule has 172 valence electrons. The minimum Gasteiger partial charge on any atom is -0.304 e. The summed E-state index contributed by atoms with van der Waals surface area (Å²) < 4.78 is 43.5. The molecule has 0 bridgehead atoms. The number of aryl methyl sites for hydroxylation is 1. The molecule has 0 N–H and O–H groups in total. The minimum absolute atomic E-state index is 0.0687. The third-order valence-corrected chi connectivity index (χ3v) is 6.67. The molecule has 1 saturated carbocycles. The summed E-state index contributed by atoms with van der Waals surface area (Å²) in [4.78, 5) is 25.8. The maximum Gasteiger partial charge on any atom is 0.416 e. The topological polar surface area (TPSA) is 63.2 Å². The summed E-state index contributed by atoms with van der Waals surface area (Å²) in [5.74, 6) is 1.10. The standard InChI is InChI=1S/C16H10F3NO2.C8H12N2S/c17-16(18,19)14-7-10(9-21)6-12-13(14)8-20(15(12)22)11-4-2-1-3-5-11;1-5-3-7(4-5)8-6(2)11-10-9-8/h1-7,9H,8H2;5,7H,3-4H2,1-2H3. The van der Waals surface area contributed by atoms with Gasteiger partial charge in [0.1, 0.15) is 6.29 Å². The molecule has 33 heavy (non-hydrogen) atoms. The highest BCUT2D eigenvalue weighted by Crippen LogP contribution is 2.42. The quantitative estimate of drug-likeness (QED) is 0.435. The molecule has 0 atom stereocenters. The fraction of sp³-hybridized carbons (Fsp3) is 0.333. The number of anilines is 1. The van der Waals surface area contributed by atoms with Crippen LogP contribution in [0.5, 0.6) is 0 Å². The van der Waals surface area contributed by atoms with Gasteiger partial charge in [-0.05, 0) is 67.0 Å². The lowest BCUT2D eigenvalue weighted by molar-refractivity contribution is -0.138. The number of nitrogens with zero attached hydrogens (tertiary/aromatic N) is 3. The van der Waals surface area contributed by atoms with Crippen LogP contribution in [0.3, 0.4) is 0 Å². The molecule has 0 saturated heterocycles. The summed E-state index contributed by atoms with van der Waals surface area (Å²) in [5, 5.41) is 4.14. The Kier molecular flexibility index (Phi) is 6.34. The molecular weight excluding hydrogens is 451 g/mol. The first-order valence-corrected chi connectivity index (χ1v) is 11.3. The number of rotatable bonds is 3. The number of amides is 1. The normalized spacial score (nSPS) is 19.4. The SMILES string of the molecule is Cc1snnc1C1CC(C)C1.O=Cc1cc2c(c(C(F)(F)F)c1)CN(c1ccccc1)C2=O. The average molecular weight is 474 g/mol. The van der Waals surface area contributed by atoms with Crippen LogP contribution in [0.1, 0.15) is 68.1 Å². The van der Waals surface area contributed by atoms with Crippen molar-refractivity contribution >= 4 is 29.4 Å². The van der Waals surface area contributed by atoms with Crippen LogP contribution < -0.4 is 4.90 Å². The maximum absolute atomic E-state index is 13.2. The van der Waals surface area contributed by atoms with E-state index in [4.69, 9.17) is 0 Å². The van der Waals surface area contributed by atoms with Crippen molar-refractivity contribution in [1.29, 1.82) is 0 Å². The van der Waals surface area contributed by atoms with Crippen molar-refractivity contribution in [3.05, 3.63) is 75.3 Å². The fourth-order valence-electron chi connectivity index (χ4n) is 4.31. The van der Waals surface area contributed by atoms with E-state index < -0.39 is 17.6 Å². The molecule has 1 aromatic heterocycles. The Morgan fingerprint density at radius 2 is 1.85 bits per heavy atom. The zero-order chi connectivity index (χ0) is 23.8. The Morgan fingerprint density at radius 3 is 2.39 bits per heavy atom. The van der Waals surface area contributed by atoms with Crippen molar-refractivity contribution in [2.24, 2.45) is 5.92 Å². The molecule has 2 aliphatic rings. The number of aldehydes is 1. The molecule has 0 radical (unpaired) electrons. The van der Waals surface area contributed by atoms with Crippen molar-refractivity contribution in [3.8, 4) is 0 Å². The van der Waals surface area contributed by atoms with Crippen molar-refractivity contribution < 1.29 is 22.8 Å². The van der Waals surface area contributed by atoms with Gasteiger partial charge in [-0.15, -0.1) is 5.10 Å². The highest BCUT2D eigenvalue weighted by atomic mass is 32.1. The molecule has 5 nitrogen and oxygen atoms in total. The van der Waals surface area contributed by atoms with Gasteiger partial charge >= 0.3 is 6.18 Å². The molecule has 0 spiro atoms. The van der Waals surface area contributed by atoms with Crippen LogP contribution in [0.4, 0.5) is 18.9 Å². The second-order valence-electron chi connectivity index (χ2n) is 8.42. The van der Waals surface area contributed by atoms with E-state index in [1.165, 1.54) is 45.9 Å². The molecule has 1 amide bonds. The van der Waals surface area contributed by atoms with Gasteiger partial charge in [-0.1, -0.05) is 29.6 Å². The molecule has 9 heteroatoms. The molecule has 3 aromatic rings. The fourth-order valence-corrected chi connectivity index (χ4v) is 4.86. The smallest absolute Gasteiger partial charge is 0.304 e. The highest BCUT2D eigenvalue weighted by Gasteiger charge is 2.40. The van der Waals surface area contributed by atoms with Crippen molar-refractivity contribution in [1.82, 2.24) is 9.59 Å². The second-order valence-corrected chi connectivity index (χ2v) is 9.38. The predicted octanol–water partition coefficient (Wildman–Crippen LogP) is 6.04. The van der Waals surface area contributed by atoms with Gasteiger partial charge < -0.3 is 4.90 Å². The van der Waals surface area contributed by atoms with Gasteiger partial charge in [0, 0.05) is 27.6 Å². The van der Waals surface area contributed by atoms with Crippen LogP contribution in [0.2, 0.25) is 0 Å². The van der Waals surface area contributed by atoms with Gasteiger partial charge in [0.15, 0.2) is 0 Å². The van der Waals surface area contributed by atoms with E-state index in [0.29, 0.717) is 12.0 Å². The van der Waals surface area contributed by atoms with E-state index in [2.05, 4.69) is 23.4 Å². The summed E-state index contributed by atoms with van der Waals surface area (Å²) in [6, 6.07) is 10.5. The van der Waals surface area contributed by atoms with E-state index in [1.807, 2.05) is 0 Å². The van der Waals surface area contributed by atoms with E-state index in [0.717, 1.165) is 17.9 Å². The Labute approximate surface area is 193 Å². The average Bonchev–Trinajstić information content (AvgIpc) is 3.34. The van der Waals surface area contributed by atoms with E-state index in [9.17, 15) is 22.8 Å². The lowest BCUT2D eigenvalue weighted by Gasteiger charge is -2.31. The summed E-state index contributed by atoms with van der Waals surface area (Å²) in [5.41, 5.74) is 0.526. The van der Waals surface area contributed by atoms with Gasteiger partial charge in [-0.2, -0.15) is 13.2 Å². The van der Waals surface area contributed by atoms with Gasteiger partial charge in [0.25, 0.3) is 5.91 Å². The first kappa shape index (κ1) is 23.1. The minimum atomic E-state index is -4.61. The Morgan fingerprint density at radius 1 is 1.15 bits per heavy atom. The van der Waals surface area contributed by atoms with Crippen LogP contribution in [0.25, 0.3) is 0 Å². The summed E-state index contributed by atoms with van der Waals surface area (Å²) in [7, 11) is 0. The number of benzene rings is 2. The molecule has 0 unspecified atom stereocenters. The van der Waals surface area contributed by atoms with Crippen LogP contribution >= 0.6 is 11.5 Å². The van der Waals surface area contributed by atoms with Crippen molar-refractivity contribution in [2.75, 3.05) is 4.90 Å². The summed E-state index contributed by atoms with van der Waals surface area (Å²) in [6.45, 7) is 4.25. The third kappa shape index (κ3) is 4.68. The predicted molar refractivity (Wildman–Crippen MR) is 120 cm³/mol. The van der Waals surface area contributed by atoms with E-state index >= 15 is 0 Å². The number of carbonyl (C=O) groups excluding carboxylic acids is 2. The van der Waals surface area contributed by atoms with Crippen LogP contribution in [0, 0.1) is 12.8 Å². The molecular formula is C24H22F3N3O2S. The monoisotopic (exact) mass is 473 g/mol. The number of aromatic nitrogens is 2. The number of hydrogen-bond donors (Lipinski definition) is 0. The molecule has 1 aliphatic heterocycles. The van der Waals surface area contributed by atoms with Gasteiger partial charge in [-0.3, -0.25) is 9.59 Å². The lowest BCUT2D eigenvalue weighted by atomic mass is 9.74. The third-order valence-electron chi connectivity index (χ3n) is 6.02. The zero-order valence-corrected chi connectivity index (χ0v) is 18.9. The Hall–Kier alpha value is -3.07. The molecule has 1 fully saturated rings. The summed E-state index contributed by atoms with van der Waals surface area (Å²) in [6.07, 6.45) is -1.68. The van der Waals surface area contributed by atoms with Crippen LogP contribution in [0.15, 0.2) is 42.5 Å². The number of fused-ring (bicyclic) bond motifs is 1. The first-order chi connectivity index (χ1) is 15.7. The van der Waals surface area contributed by atoms with Crippen molar-refractivity contribution in [3.63, 3.8) is 0 Å². The van der Waals surface area contributed by atoms with Gasteiger partial charge in [0.05, 0.1) is 17.8 Å². The van der Waals surface area contributed by atoms with E-state index in [-0.39, 0.29) is 23.2 Å². The van der Waals surface area contributed by atoms with Gasteiger partial charge in [0.2, 0.25) is 0 Å². The van der Waals surface area contributed by atoms with Gasteiger partial charge in [-0.25, -0.2) is 0 Å². The maximum atomic E-state index is 13.2. The highest BCUT2D eigenvalue weighted by molar-refractivity contribution is 7.05. The Balaban J connectivity index is 0.000000196. The van der Waals surface area contributed by atoms with Crippen molar-refractivity contribution in [2.45, 2.75) is 45.3 Å². The molecule has 1 aliphatic carbocycles. The number of halogens is 3. The number of hydrogen-bond acceptors (Lipinski definition) is 5. The largest absolute Gasteiger partial charge is 0.416 e. The second kappa shape index (κ2) is 9.05. The van der Waals surface area contributed by atoms with Crippen LogP contribution in [-0.4, -0.2) is 21.8 Å². The molecule has 5 rings (SSSR count). The number of carbonyl (C=O) groups is 2. The first-order valence-electron chi connectivity index (χ1n) is 10.5. The summed E-state index contributed by atoms with van der Waals surface area (Å²) >= 11 is 1.52. The lowest BCUT2D eigenvalue weighted by Crippen LogP contribution is -2.22. The van der Waals surface area contributed by atoms with Crippen LogP contribution in [-0.2, 0) is 12.7 Å². The molecule has 2 heterocycles. The Bertz CT molecular complexity index is 1170. The zero-order valence-electron chi connectivity index (χ0n) is 18.1.